The largest absolute Gasteiger partial charge is 0.494 e. The summed E-state index contributed by atoms with van der Waals surface area (Å²) in [5, 5.41) is 26.2. The van der Waals surface area contributed by atoms with Crippen LogP contribution in [0.3, 0.4) is 0 Å². The molecule has 0 spiro atoms. The first-order valence-corrected chi connectivity index (χ1v) is 11.8. The van der Waals surface area contributed by atoms with Crippen molar-refractivity contribution < 1.29 is 23.2 Å². The highest BCUT2D eigenvalue weighted by molar-refractivity contribution is 6.02. The van der Waals surface area contributed by atoms with Crippen molar-refractivity contribution >= 4 is 39.7 Å². The molecule has 4 aromatic carbocycles. The SMILES string of the molecule is O=c1c2ccccc2c(C=Nc2cc([N+](=O)[O-])ccc2Nc2ccccc2)c(O)n1-c1cccc(C(F)(F)F)c1. The lowest BCUT2D eigenvalue weighted by molar-refractivity contribution is -0.384. The number of nitrogens with zero attached hydrogens (tertiary/aromatic N) is 3. The monoisotopic (exact) mass is 544 g/mol. The average molecular weight is 544 g/mol. The summed E-state index contributed by atoms with van der Waals surface area (Å²) in [5.41, 5.74) is -0.849. The van der Waals surface area contributed by atoms with Gasteiger partial charge in [-0.15, -0.1) is 0 Å². The summed E-state index contributed by atoms with van der Waals surface area (Å²) in [7, 11) is 0. The number of aliphatic imine (C=N–C) groups is 1. The molecule has 0 saturated heterocycles. The first-order chi connectivity index (χ1) is 19.1. The number of aromatic nitrogens is 1. The number of nitrogens with one attached hydrogen (secondary N) is 1. The van der Waals surface area contributed by atoms with Crippen LogP contribution >= 0.6 is 0 Å². The molecule has 0 atom stereocenters. The van der Waals surface area contributed by atoms with Crippen LogP contribution in [-0.2, 0) is 6.18 Å². The van der Waals surface area contributed by atoms with E-state index in [2.05, 4.69) is 10.3 Å². The van der Waals surface area contributed by atoms with Crippen molar-refractivity contribution in [2.75, 3.05) is 5.32 Å². The summed E-state index contributed by atoms with van der Waals surface area (Å²) < 4.78 is 40.9. The van der Waals surface area contributed by atoms with E-state index in [0.29, 0.717) is 16.8 Å². The van der Waals surface area contributed by atoms with Crippen molar-refractivity contribution in [1.82, 2.24) is 4.57 Å². The van der Waals surface area contributed by atoms with Crippen molar-refractivity contribution in [3.63, 3.8) is 0 Å². The molecule has 0 amide bonds. The fourth-order valence-electron chi connectivity index (χ4n) is 4.21. The van der Waals surface area contributed by atoms with Crippen LogP contribution in [0.15, 0.2) is 107 Å². The molecule has 0 saturated carbocycles. The van der Waals surface area contributed by atoms with Gasteiger partial charge >= 0.3 is 6.18 Å². The number of nitro benzene ring substituents is 1. The number of para-hydroxylation sites is 1. The number of rotatable bonds is 6. The third-order valence-corrected chi connectivity index (χ3v) is 6.11. The van der Waals surface area contributed by atoms with E-state index >= 15 is 0 Å². The minimum Gasteiger partial charge on any atom is -0.494 e. The Morgan fingerprint density at radius 3 is 2.30 bits per heavy atom. The van der Waals surface area contributed by atoms with Gasteiger partial charge in [0.15, 0.2) is 0 Å². The van der Waals surface area contributed by atoms with E-state index in [0.717, 1.165) is 22.8 Å². The molecule has 0 aliphatic rings. The third-order valence-electron chi connectivity index (χ3n) is 6.11. The predicted molar refractivity (Wildman–Crippen MR) is 146 cm³/mol. The Hall–Kier alpha value is -5.45. The van der Waals surface area contributed by atoms with Gasteiger partial charge in [-0.05, 0) is 42.5 Å². The molecular weight excluding hydrogens is 525 g/mol. The second-order valence-corrected chi connectivity index (χ2v) is 8.68. The maximum atomic E-state index is 13.4. The number of hydrogen-bond donors (Lipinski definition) is 2. The molecule has 0 aliphatic carbocycles. The smallest absolute Gasteiger partial charge is 0.416 e. The number of alkyl halides is 3. The Morgan fingerprint density at radius 1 is 0.900 bits per heavy atom. The van der Waals surface area contributed by atoms with Crippen molar-refractivity contribution in [2.45, 2.75) is 6.18 Å². The number of fused-ring (bicyclic) bond motifs is 1. The Morgan fingerprint density at radius 2 is 1.60 bits per heavy atom. The van der Waals surface area contributed by atoms with Crippen LogP contribution in [0.2, 0.25) is 0 Å². The standard InChI is InChI=1S/C29H19F3N4O4/c30-29(31,32)18-7-6-10-20(15-18)35-27(37)23-12-5-4-11-22(23)24(28(35)38)17-33-26-16-21(36(39)40)13-14-25(26)34-19-8-2-1-3-9-19/h1-17,34,38H. The van der Waals surface area contributed by atoms with Crippen LogP contribution in [-0.4, -0.2) is 20.8 Å². The van der Waals surface area contributed by atoms with Crippen molar-refractivity contribution in [3.05, 3.63) is 129 Å². The summed E-state index contributed by atoms with van der Waals surface area (Å²) in [5.74, 6) is -0.644. The van der Waals surface area contributed by atoms with Gasteiger partial charge in [-0.1, -0.05) is 42.5 Å². The minimum absolute atomic E-state index is 0.0322. The van der Waals surface area contributed by atoms with Gasteiger partial charge in [0.25, 0.3) is 11.2 Å². The van der Waals surface area contributed by atoms with Crippen LogP contribution in [0, 0.1) is 10.1 Å². The summed E-state index contributed by atoms with van der Waals surface area (Å²) in [6.07, 6.45) is -3.45. The van der Waals surface area contributed by atoms with E-state index < -0.39 is 28.1 Å². The second kappa shape index (κ2) is 10.4. The molecule has 8 nitrogen and oxygen atoms in total. The lowest BCUT2D eigenvalue weighted by Crippen LogP contribution is -2.20. The Balaban J connectivity index is 1.69. The van der Waals surface area contributed by atoms with Crippen LogP contribution in [0.1, 0.15) is 11.1 Å². The zero-order valence-electron chi connectivity index (χ0n) is 20.5. The fraction of sp³-hybridized carbons (Fsp3) is 0.0345. The van der Waals surface area contributed by atoms with Crippen molar-refractivity contribution in [2.24, 2.45) is 4.99 Å². The van der Waals surface area contributed by atoms with Crippen LogP contribution < -0.4 is 10.9 Å². The molecule has 2 N–H and O–H groups in total. The van der Waals surface area contributed by atoms with Gasteiger partial charge in [-0.2, -0.15) is 13.2 Å². The van der Waals surface area contributed by atoms with Gasteiger partial charge in [-0.3, -0.25) is 19.9 Å². The normalized spacial score (nSPS) is 11.7. The van der Waals surface area contributed by atoms with E-state index in [1.54, 1.807) is 42.5 Å². The lowest BCUT2D eigenvalue weighted by atomic mass is 10.1. The van der Waals surface area contributed by atoms with Gasteiger partial charge in [0.05, 0.1) is 33.1 Å². The molecule has 0 fully saturated rings. The van der Waals surface area contributed by atoms with E-state index in [9.17, 15) is 33.2 Å². The molecule has 200 valence electrons. The van der Waals surface area contributed by atoms with E-state index in [-0.39, 0.29) is 28.0 Å². The van der Waals surface area contributed by atoms with Gasteiger partial charge in [-0.25, -0.2) is 4.57 Å². The molecule has 5 aromatic rings. The highest BCUT2D eigenvalue weighted by Gasteiger charge is 2.31. The lowest BCUT2D eigenvalue weighted by Gasteiger charge is -2.15. The first kappa shape index (κ1) is 26.2. The average Bonchev–Trinajstić information content (AvgIpc) is 2.94. The Labute approximate surface area is 224 Å². The maximum absolute atomic E-state index is 13.4. The van der Waals surface area contributed by atoms with Gasteiger partial charge in [0.2, 0.25) is 5.88 Å². The highest BCUT2D eigenvalue weighted by atomic mass is 19.4. The van der Waals surface area contributed by atoms with Crippen molar-refractivity contribution in [1.29, 1.82) is 0 Å². The topological polar surface area (TPSA) is 110 Å². The number of benzene rings is 4. The van der Waals surface area contributed by atoms with Gasteiger partial charge in [0, 0.05) is 34.8 Å². The van der Waals surface area contributed by atoms with Gasteiger partial charge in [0.1, 0.15) is 0 Å². The number of non-ortho nitro benzene ring substituents is 1. The third kappa shape index (κ3) is 5.12. The molecule has 11 heteroatoms. The molecule has 5 rings (SSSR count). The molecule has 0 aliphatic heterocycles. The molecule has 1 heterocycles. The van der Waals surface area contributed by atoms with Crippen LogP contribution in [0.5, 0.6) is 5.88 Å². The van der Waals surface area contributed by atoms with E-state index in [1.807, 2.05) is 6.07 Å². The molecule has 40 heavy (non-hydrogen) atoms. The summed E-state index contributed by atoms with van der Waals surface area (Å²) >= 11 is 0. The zero-order valence-corrected chi connectivity index (χ0v) is 20.5. The Bertz CT molecular complexity index is 1830. The number of anilines is 2. The van der Waals surface area contributed by atoms with Crippen LogP contribution in [0.4, 0.5) is 35.9 Å². The number of pyridine rings is 1. The molecule has 0 bridgehead atoms. The van der Waals surface area contributed by atoms with Crippen molar-refractivity contribution in [3.8, 4) is 11.6 Å². The van der Waals surface area contributed by atoms with E-state index in [1.165, 1.54) is 36.5 Å². The van der Waals surface area contributed by atoms with Gasteiger partial charge < -0.3 is 10.4 Å². The highest BCUT2D eigenvalue weighted by Crippen LogP contribution is 2.34. The number of aromatic hydroxyl groups is 1. The Kier molecular flexibility index (Phi) is 6.78. The molecule has 1 aromatic heterocycles. The second-order valence-electron chi connectivity index (χ2n) is 8.68. The molecular formula is C29H19F3N4O4. The fourth-order valence-corrected chi connectivity index (χ4v) is 4.21. The molecule has 0 radical (unpaired) electrons. The first-order valence-electron chi connectivity index (χ1n) is 11.8. The van der Waals surface area contributed by atoms with E-state index in [4.69, 9.17) is 0 Å². The molecule has 0 unspecified atom stereocenters. The quantitative estimate of drug-likeness (QED) is 0.134. The summed E-state index contributed by atoms with van der Waals surface area (Å²) in [6.45, 7) is 0. The number of hydrogen-bond acceptors (Lipinski definition) is 6. The van der Waals surface area contributed by atoms with Crippen LogP contribution in [0.25, 0.3) is 16.5 Å². The zero-order chi connectivity index (χ0) is 28.4. The summed E-state index contributed by atoms with van der Waals surface area (Å²) in [4.78, 5) is 28.6. The maximum Gasteiger partial charge on any atom is 0.416 e. The number of halogens is 3. The number of nitro groups is 1. The summed E-state index contributed by atoms with van der Waals surface area (Å²) in [6, 6.07) is 23.3. The minimum atomic E-state index is -4.67. The predicted octanol–water partition coefficient (Wildman–Crippen LogP) is 7.12.